The zero-order chi connectivity index (χ0) is 17.8. The fraction of sp³-hybridized carbons (Fsp3) is 0.632. The Bertz CT molecular complexity index is 699. The molecule has 0 aromatic carbocycles. The second-order valence-corrected chi connectivity index (χ2v) is 7.32. The molecule has 0 radical (unpaired) electrons. The molecule has 1 fully saturated rings. The van der Waals surface area contributed by atoms with Gasteiger partial charge in [0, 0.05) is 57.5 Å². The number of aryl methyl sites for hydroxylation is 2. The standard InChI is InChI=1S/C19H28N6O/c26-19(6-5-16-14-18-15-20-9-13-25(18)22-16)24-11-2-1-4-17(24)7-12-23-10-3-8-21-23/h3,8,10,14,17,20H,1-2,4-7,9,11-13,15H2. The van der Waals surface area contributed by atoms with Gasteiger partial charge in [0.2, 0.25) is 5.91 Å². The Morgan fingerprint density at radius 2 is 2.27 bits per heavy atom. The first-order chi connectivity index (χ1) is 12.8. The Morgan fingerprint density at radius 3 is 3.12 bits per heavy atom. The van der Waals surface area contributed by atoms with Crippen molar-refractivity contribution in [3.8, 4) is 0 Å². The van der Waals surface area contributed by atoms with Gasteiger partial charge in [0.1, 0.15) is 0 Å². The van der Waals surface area contributed by atoms with Crippen molar-refractivity contribution >= 4 is 5.91 Å². The highest BCUT2D eigenvalue weighted by Gasteiger charge is 2.26. The first kappa shape index (κ1) is 17.3. The van der Waals surface area contributed by atoms with Crippen molar-refractivity contribution in [1.29, 1.82) is 0 Å². The topological polar surface area (TPSA) is 68.0 Å². The second kappa shape index (κ2) is 8.03. The van der Waals surface area contributed by atoms with E-state index in [1.807, 2.05) is 23.1 Å². The number of rotatable bonds is 6. The van der Waals surface area contributed by atoms with Crippen LogP contribution < -0.4 is 5.32 Å². The van der Waals surface area contributed by atoms with Gasteiger partial charge in [-0.05, 0) is 37.8 Å². The van der Waals surface area contributed by atoms with E-state index in [4.69, 9.17) is 0 Å². The van der Waals surface area contributed by atoms with Gasteiger partial charge in [0.05, 0.1) is 17.9 Å². The van der Waals surface area contributed by atoms with E-state index in [0.29, 0.717) is 12.5 Å². The third-order valence-electron chi connectivity index (χ3n) is 5.51. The number of fused-ring (bicyclic) bond motifs is 1. The lowest BCUT2D eigenvalue weighted by atomic mass is 9.98. The number of hydrogen-bond acceptors (Lipinski definition) is 4. The summed E-state index contributed by atoms with van der Waals surface area (Å²) in [6.07, 6.45) is 9.52. The van der Waals surface area contributed by atoms with Crippen LogP contribution in [-0.2, 0) is 30.8 Å². The molecule has 7 heteroatoms. The molecule has 4 rings (SSSR count). The molecule has 0 aliphatic carbocycles. The molecule has 7 nitrogen and oxygen atoms in total. The Labute approximate surface area is 154 Å². The molecule has 1 amide bonds. The lowest BCUT2D eigenvalue weighted by molar-refractivity contribution is -0.135. The molecule has 4 heterocycles. The fourth-order valence-corrected chi connectivity index (χ4v) is 4.10. The average molecular weight is 356 g/mol. The van der Waals surface area contributed by atoms with Gasteiger partial charge in [0.25, 0.3) is 0 Å². The third kappa shape index (κ3) is 3.98. The molecular weight excluding hydrogens is 328 g/mol. The summed E-state index contributed by atoms with van der Waals surface area (Å²) in [4.78, 5) is 15.0. The number of carbonyl (C=O) groups is 1. The lowest BCUT2D eigenvalue weighted by Gasteiger charge is -2.36. The van der Waals surface area contributed by atoms with Gasteiger partial charge < -0.3 is 10.2 Å². The van der Waals surface area contributed by atoms with Crippen molar-refractivity contribution < 1.29 is 4.79 Å². The van der Waals surface area contributed by atoms with Gasteiger partial charge in [-0.15, -0.1) is 0 Å². The van der Waals surface area contributed by atoms with Gasteiger partial charge in [-0.25, -0.2) is 0 Å². The average Bonchev–Trinajstić information content (AvgIpc) is 3.33. The number of carbonyl (C=O) groups excluding carboxylic acids is 1. The largest absolute Gasteiger partial charge is 0.340 e. The summed E-state index contributed by atoms with van der Waals surface area (Å²) >= 11 is 0. The molecule has 1 atom stereocenters. The van der Waals surface area contributed by atoms with Crippen LogP contribution in [0.5, 0.6) is 0 Å². The number of nitrogens with zero attached hydrogens (tertiary/aromatic N) is 5. The molecule has 2 aliphatic rings. The predicted molar refractivity (Wildman–Crippen MR) is 98.5 cm³/mol. The van der Waals surface area contributed by atoms with Crippen LogP contribution >= 0.6 is 0 Å². The quantitative estimate of drug-likeness (QED) is 0.853. The fourth-order valence-electron chi connectivity index (χ4n) is 4.10. The van der Waals surface area contributed by atoms with E-state index < -0.39 is 0 Å². The summed E-state index contributed by atoms with van der Waals surface area (Å²) in [5, 5.41) is 12.3. The van der Waals surface area contributed by atoms with Crippen molar-refractivity contribution in [1.82, 2.24) is 29.8 Å². The van der Waals surface area contributed by atoms with Crippen LogP contribution in [0.15, 0.2) is 24.5 Å². The van der Waals surface area contributed by atoms with Crippen molar-refractivity contribution in [2.24, 2.45) is 0 Å². The van der Waals surface area contributed by atoms with Crippen LogP contribution in [-0.4, -0.2) is 49.5 Å². The summed E-state index contributed by atoms with van der Waals surface area (Å²) in [5.74, 6) is 0.277. The first-order valence-corrected chi connectivity index (χ1v) is 9.83. The monoisotopic (exact) mass is 356 g/mol. The molecule has 1 unspecified atom stereocenters. The van der Waals surface area contributed by atoms with Crippen molar-refractivity contribution in [2.75, 3.05) is 13.1 Å². The van der Waals surface area contributed by atoms with Crippen LogP contribution in [0, 0.1) is 0 Å². The molecule has 1 N–H and O–H groups in total. The highest BCUT2D eigenvalue weighted by atomic mass is 16.2. The maximum absolute atomic E-state index is 12.8. The van der Waals surface area contributed by atoms with E-state index in [0.717, 1.165) is 64.1 Å². The van der Waals surface area contributed by atoms with Gasteiger partial charge in [-0.2, -0.15) is 10.2 Å². The molecule has 1 saturated heterocycles. The molecule has 26 heavy (non-hydrogen) atoms. The van der Waals surface area contributed by atoms with E-state index in [-0.39, 0.29) is 5.91 Å². The molecule has 0 saturated carbocycles. The second-order valence-electron chi connectivity index (χ2n) is 7.32. The van der Waals surface area contributed by atoms with E-state index in [9.17, 15) is 4.79 Å². The third-order valence-corrected chi connectivity index (χ3v) is 5.51. The van der Waals surface area contributed by atoms with E-state index in [1.54, 1.807) is 0 Å². The summed E-state index contributed by atoms with van der Waals surface area (Å²) in [7, 11) is 0. The Morgan fingerprint density at radius 1 is 1.31 bits per heavy atom. The molecular formula is C19H28N6O. The maximum atomic E-state index is 12.8. The highest BCUT2D eigenvalue weighted by Crippen LogP contribution is 2.22. The summed E-state index contributed by atoms with van der Waals surface area (Å²) in [6.45, 7) is 4.54. The number of aromatic nitrogens is 4. The molecule has 140 valence electrons. The first-order valence-electron chi connectivity index (χ1n) is 9.83. The number of piperidine rings is 1. The summed E-state index contributed by atoms with van der Waals surface area (Å²) in [5.41, 5.74) is 2.27. The highest BCUT2D eigenvalue weighted by molar-refractivity contribution is 5.76. The van der Waals surface area contributed by atoms with Gasteiger partial charge in [-0.3, -0.25) is 14.2 Å². The number of hydrogen-bond donors (Lipinski definition) is 1. The minimum absolute atomic E-state index is 0.277. The summed E-state index contributed by atoms with van der Waals surface area (Å²) in [6, 6.07) is 4.44. The molecule has 2 aliphatic heterocycles. The van der Waals surface area contributed by atoms with E-state index in [2.05, 4.69) is 31.2 Å². The Hall–Kier alpha value is -2.15. The minimum Gasteiger partial charge on any atom is -0.340 e. The molecule has 0 spiro atoms. The zero-order valence-corrected chi connectivity index (χ0v) is 15.3. The number of amides is 1. The normalized spacial score (nSPS) is 20.2. The van der Waals surface area contributed by atoms with Crippen molar-refractivity contribution in [3.05, 3.63) is 35.9 Å². The molecule has 2 aromatic heterocycles. The van der Waals surface area contributed by atoms with Crippen LogP contribution in [0.2, 0.25) is 0 Å². The maximum Gasteiger partial charge on any atom is 0.223 e. The van der Waals surface area contributed by atoms with Crippen LogP contribution in [0.4, 0.5) is 0 Å². The number of nitrogens with one attached hydrogen (secondary N) is 1. The SMILES string of the molecule is O=C(CCc1cc2n(n1)CCNC2)N1CCCCC1CCn1cccn1. The van der Waals surface area contributed by atoms with Gasteiger partial charge in [-0.1, -0.05) is 0 Å². The predicted octanol–water partition coefficient (Wildman–Crippen LogP) is 1.59. The van der Waals surface area contributed by atoms with Crippen molar-refractivity contribution in [3.63, 3.8) is 0 Å². The smallest absolute Gasteiger partial charge is 0.223 e. The van der Waals surface area contributed by atoms with Crippen LogP contribution in [0.3, 0.4) is 0 Å². The van der Waals surface area contributed by atoms with Crippen LogP contribution in [0.25, 0.3) is 0 Å². The Balaban J connectivity index is 1.32. The van der Waals surface area contributed by atoms with Crippen LogP contribution in [0.1, 0.15) is 43.5 Å². The minimum atomic E-state index is 0.277. The van der Waals surface area contributed by atoms with Gasteiger partial charge >= 0.3 is 0 Å². The molecule has 2 aromatic rings. The van der Waals surface area contributed by atoms with Crippen molar-refractivity contribution in [2.45, 2.75) is 64.2 Å². The lowest BCUT2D eigenvalue weighted by Crippen LogP contribution is -2.44. The number of likely N-dealkylation sites (tertiary alicyclic amines) is 1. The Kier molecular flexibility index (Phi) is 5.34. The van der Waals surface area contributed by atoms with E-state index in [1.165, 1.54) is 12.1 Å². The molecule has 0 bridgehead atoms. The summed E-state index contributed by atoms with van der Waals surface area (Å²) < 4.78 is 4.03. The van der Waals surface area contributed by atoms with Gasteiger partial charge in [0.15, 0.2) is 0 Å². The van der Waals surface area contributed by atoms with E-state index >= 15 is 0 Å². The zero-order valence-electron chi connectivity index (χ0n) is 15.3.